The first kappa shape index (κ1) is 19.1. The van der Waals surface area contributed by atoms with Crippen LogP contribution in [0.4, 0.5) is 0 Å². The molecule has 2 aromatic carbocycles. The number of carbonyl (C=O) groups is 1. The number of thiazole rings is 1. The van der Waals surface area contributed by atoms with Gasteiger partial charge in [0.05, 0.1) is 18.8 Å². The maximum absolute atomic E-state index is 13.3. The zero-order valence-electron chi connectivity index (χ0n) is 16.1. The highest BCUT2D eigenvalue weighted by atomic mass is 32.1. The molecule has 0 saturated carbocycles. The monoisotopic (exact) mass is 380 g/mol. The van der Waals surface area contributed by atoms with Crippen molar-refractivity contribution in [1.82, 2.24) is 9.88 Å². The summed E-state index contributed by atoms with van der Waals surface area (Å²) in [6.45, 7) is 6.57. The molecule has 0 saturated heterocycles. The number of aromatic nitrogens is 1. The average Bonchev–Trinajstić information content (AvgIpc) is 3.10. The molecule has 0 N–H and O–H groups in total. The van der Waals surface area contributed by atoms with Gasteiger partial charge in [-0.3, -0.25) is 4.79 Å². The normalized spacial score (nSPS) is 11.9. The maximum atomic E-state index is 13.3. The molecule has 1 atom stereocenters. The smallest absolute Gasteiger partial charge is 0.266 e. The van der Waals surface area contributed by atoms with Crippen molar-refractivity contribution in [3.05, 3.63) is 70.7 Å². The number of hydrogen-bond acceptors (Lipinski definition) is 4. The van der Waals surface area contributed by atoms with Gasteiger partial charge in [-0.05, 0) is 38.5 Å². The highest BCUT2D eigenvalue weighted by Gasteiger charge is 2.25. The summed E-state index contributed by atoms with van der Waals surface area (Å²) in [6, 6.07) is 17.8. The highest BCUT2D eigenvalue weighted by molar-refractivity contribution is 7.17. The topological polar surface area (TPSA) is 42.4 Å². The molecule has 3 rings (SSSR count). The Morgan fingerprint density at radius 2 is 1.93 bits per heavy atom. The van der Waals surface area contributed by atoms with Crippen LogP contribution in [0.15, 0.2) is 54.6 Å². The van der Waals surface area contributed by atoms with Gasteiger partial charge in [0.15, 0.2) is 0 Å². The molecule has 1 heterocycles. The molecule has 0 aliphatic heterocycles. The van der Waals surface area contributed by atoms with Gasteiger partial charge >= 0.3 is 0 Å². The first-order chi connectivity index (χ1) is 13.0. The molecule has 1 aromatic heterocycles. The van der Waals surface area contributed by atoms with Crippen molar-refractivity contribution >= 4 is 17.2 Å². The molecule has 1 unspecified atom stereocenters. The standard InChI is InChI=1S/C22H24N2O2S/c1-5-24(16(3)18-12-9-13-19(14-18)26-4)22(25)20-15(2)23-21(27-20)17-10-7-6-8-11-17/h6-14,16H,5H2,1-4H3. The lowest BCUT2D eigenvalue weighted by Crippen LogP contribution is -2.33. The van der Waals surface area contributed by atoms with Crippen LogP contribution in [0.1, 0.15) is 40.8 Å². The molecule has 0 fully saturated rings. The summed E-state index contributed by atoms with van der Waals surface area (Å²) in [6.07, 6.45) is 0. The fraction of sp³-hybridized carbons (Fsp3) is 0.273. The van der Waals surface area contributed by atoms with E-state index in [9.17, 15) is 4.79 Å². The van der Waals surface area contributed by atoms with Gasteiger partial charge in [-0.2, -0.15) is 0 Å². The van der Waals surface area contributed by atoms with E-state index in [1.807, 2.05) is 80.3 Å². The van der Waals surface area contributed by atoms with Gasteiger partial charge in [0.1, 0.15) is 15.6 Å². The van der Waals surface area contributed by atoms with Crippen molar-refractivity contribution in [2.24, 2.45) is 0 Å². The number of carbonyl (C=O) groups excluding carboxylic acids is 1. The third-order valence-electron chi connectivity index (χ3n) is 4.66. The van der Waals surface area contributed by atoms with Crippen molar-refractivity contribution < 1.29 is 9.53 Å². The number of methoxy groups -OCH3 is 1. The molecule has 0 aliphatic rings. The van der Waals surface area contributed by atoms with E-state index in [0.717, 1.165) is 27.6 Å². The van der Waals surface area contributed by atoms with Crippen LogP contribution < -0.4 is 4.74 Å². The Labute approximate surface area is 164 Å². The van der Waals surface area contributed by atoms with E-state index in [1.54, 1.807) is 7.11 Å². The van der Waals surface area contributed by atoms with E-state index in [2.05, 4.69) is 4.98 Å². The molecule has 0 radical (unpaired) electrons. The van der Waals surface area contributed by atoms with Crippen LogP contribution in [0.5, 0.6) is 5.75 Å². The van der Waals surface area contributed by atoms with Crippen molar-refractivity contribution in [2.75, 3.05) is 13.7 Å². The summed E-state index contributed by atoms with van der Waals surface area (Å²) in [4.78, 5) is 20.5. The van der Waals surface area contributed by atoms with Crippen LogP contribution in [-0.4, -0.2) is 29.4 Å². The summed E-state index contributed by atoms with van der Waals surface area (Å²) < 4.78 is 5.32. The zero-order valence-corrected chi connectivity index (χ0v) is 16.9. The Morgan fingerprint density at radius 1 is 1.19 bits per heavy atom. The number of hydrogen-bond donors (Lipinski definition) is 0. The lowest BCUT2D eigenvalue weighted by atomic mass is 10.1. The molecular weight excluding hydrogens is 356 g/mol. The number of benzene rings is 2. The second kappa shape index (κ2) is 8.35. The van der Waals surface area contributed by atoms with E-state index in [-0.39, 0.29) is 11.9 Å². The summed E-state index contributed by atoms with van der Waals surface area (Å²) in [7, 11) is 1.65. The quantitative estimate of drug-likeness (QED) is 0.579. The second-order valence-electron chi connectivity index (χ2n) is 6.34. The molecule has 4 nitrogen and oxygen atoms in total. The van der Waals surface area contributed by atoms with Gasteiger partial charge in [0.2, 0.25) is 0 Å². The van der Waals surface area contributed by atoms with Crippen LogP contribution in [0.25, 0.3) is 10.6 Å². The Balaban J connectivity index is 1.90. The Kier molecular flexibility index (Phi) is 5.91. The maximum Gasteiger partial charge on any atom is 0.266 e. The van der Waals surface area contributed by atoms with E-state index in [0.29, 0.717) is 11.4 Å². The summed E-state index contributed by atoms with van der Waals surface area (Å²) >= 11 is 1.46. The van der Waals surface area contributed by atoms with Gasteiger partial charge in [-0.15, -0.1) is 11.3 Å². The van der Waals surface area contributed by atoms with Crippen LogP contribution in [0.3, 0.4) is 0 Å². The van der Waals surface area contributed by atoms with Gasteiger partial charge in [-0.25, -0.2) is 4.98 Å². The Hall–Kier alpha value is -2.66. The molecule has 27 heavy (non-hydrogen) atoms. The van der Waals surface area contributed by atoms with Gasteiger partial charge < -0.3 is 9.64 Å². The molecule has 5 heteroatoms. The average molecular weight is 381 g/mol. The fourth-order valence-corrected chi connectivity index (χ4v) is 4.13. The number of amides is 1. The van der Waals surface area contributed by atoms with E-state index in [1.165, 1.54) is 11.3 Å². The first-order valence-corrected chi connectivity index (χ1v) is 9.84. The summed E-state index contributed by atoms with van der Waals surface area (Å²) in [5, 5.41) is 0.876. The molecular formula is C22H24N2O2S. The fourth-order valence-electron chi connectivity index (χ4n) is 3.10. The number of nitrogens with zero attached hydrogens (tertiary/aromatic N) is 2. The van der Waals surface area contributed by atoms with Gasteiger partial charge in [0, 0.05) is 12.1 Å². The van der Waals surface area contributed by atoms with Crippen LogP contribution in [0, 0.1) is 6.92 Å². The molecule has 0 spiro atoms. The molecule has 1 amide bonds. The Morgan fingerprint density at radius 3 is 2.59 bits per heavy atom. The minimum atomic E-state index is -0.0562. The molecule has 3 aromatic rings. The van der Waals surface area contributed by atoms with Gasteiger partial charge in [0.25, 0.3) is 5.91 Å². The zero-order chi connectivity index (χ0) is 19.4. The molecule has 0 bridgehead atoms. The largest absolute Gasteiger partial charge is 0.497 e. The number of aryl methyl sites for hydroxylation is 1. The van der Waals surface area contributed by atoms with Crippen molar-refractivity contribution in [1.29, 1.82) is 0 Å². The van der Waals surface area contributed by atoms with E-state index < -0.39 is 0 Å². The second-order valence-corrected chi connectivity index (χ2v) is 7.34. The van der Waals surface area contributed by atoms with Crippen molar-refractivity contribution in [3.63, 3.8) is 0 Å². The predicted molar refractivity (Wildman–Crippen MR) is 110 cm³/mol. The lowest BCUT2D eigenvalue weighted by Gasteiger charge is -2.28. The molecule has 0 aliphatic carbocycles. The van der Waals surface area contributed by atoms with Crippen LogP contribution in [-0.2, 0) is 0 Å². The first-order valence-electron chi connectivity index (χ1n) is 9.03. The summed E-state index contributed by atoms with van der Waals surface area (Å²) in [5.74, 6) is 0.813. The summed E-state index contributed by atoms with van der Waals surface area (Å²) in [5.41, 5.74) is 2.86. The lowest BCUT2D eigenvalue weighted by molar-refractivity contribution is 0.0706. The Bertz CT molecular complexity index is 921. The SMILES string of the molecule is CCN(C(=O)c1sc(-c2ccccc2)nc1C)C(C)c1cccc(OC)c1. The van der Waals surface area contributed by atoms with Crippen LogP contribution in [0.2, 0.25) is 0 Å². The third-order valence-corrected chi connectivity index (χ3v) is 5.85. The van der Waals surface area contributed by atoms with Crippen molar-refractivity contribution in [2.45, 2.75) is 26.8 Å². The van der Waals surface area contributed by atoms with Crippen molar-refractivity contribution in [3.8, 4) is 16.3 Å². The number of ether oxygens (including phenoxy) is 1. The minimum Gasteiger partial charge on any atom is -0.497 e. The van der Waals surface area contributed by atoms with E-state index >= 15 is 0 Å². The minimum absolute atomic E-state index is 0.0185. The highest BCUT2D eigenvalue weighted by Crippen LogP contribution is 2.31. The third kappa shape index (κ3) is 4.03. The molecule has 140 valence electrons. The van der Waals surface area contributed by atoms with E-state index in [4.69, 9.17) is 4.74 Å². The van der Waals surface area contributed by atoms with Gasteiger partial charge in [-0.1, -0.05) is 42.5 Å². The number of rotatable bonds is 6. The predicted octanol–water partition coefficient (Wildman–Crippen LogP) is 5.35. The van der Waals surface area contributed by atoms with Crippen LogP contribution >= 0.6 is 11.3 Å².